The molecule has 10 nitrogen and oxygen atoms in total. The molecule has 0 amide bonds. The van der Waals surface area contributed by atoms with Gasteiger partial charge in [-0.3, -0.25) is 0 Å². The topological polar surface area (TPSA) is 96.9 Å². The van der Waals surface area contributed by atoms with Crippen LogP contribution < -0.4 is 29.7 Å². The number of likely N-dealkylation sites (N-methyl/N-ethyl adjacent to an activating group) is 1. The number of hydrogen-bond donors (Lipinski definition) is 2. The molecule has 186 valence electrons. The van der Waals surface area contributed by atoms with Crippen LogP contribution in [0.1, 0.15) is 0 Å². The number of rotatable bonds is 9. The lowest BCUT2D eigenvalue weighted by atomic mass is 10.1. The molecular weight excluding hydrogens is 446 g/mol. The predicted octanol–water partition coefficient (Wildman–Crippen LogP) is 2.65. The first kappa shape index (κ1) is 24.5. The number of methoxy groups -OCH3 is 3. The van der Waals surface area contributed by atoms with Crippen molar-refractivity contribution in [3.63, 3.8) is 0 Å². The zero-order valence-electron chi connectivity index (χ0n) is 20.9. The predicted molar refractivity (Wildman–Crippen MR) is 137 cm³/mol. The molecule has 4 rings (SSSR count). The molecular formula is C25H33N7O3. The van der Waals surface area contributed by atoms with Gasteiger partial charge in [0.15, 0.2) is 11.5 Å². The molecule has 0 radical (unpaired) electrons. The van der Waals surface area contributed by atoms with Crippen LogP contribution >= 0.6 is 0 Å². The second-order valence-electron chi connectivity index (χ2n) is 8.57. The Morgan fingerprint density at radius 1 is 1.06 bits per heavy atom. The first-order valence-electron chi connectivity index (χ1n) is 11.5. The van der Waals surface area contributed by atoms with Gasteiger partial charge in [-0.05, 0) is 32.3 Å². The van der Waals surface area contributed by atoms with E-state index in [0.717, 1.165) is 48.9 Å². The summed E-state index contributed by atoms with van der Waals surface area (Å²) in [6.07, 6.45) is 3.59. The molecule has 1 aliphatic heterocycles. The lowest BCUT2D eigenvalue weighted by molar-refractivity contribution is 0.322. The average molecular weight is 480 g/mol. The number of nitrogens with zero attached hydrogens (tertiary/aromatic N) is 5. The number of hydrogen-bond acceptors (Lipinski definition) is 10. The number of ether oxygens (including phenoxy) is 3. The Morgan fingerprint density at radius 2 is 1.83 bits per heavy atom. The Bertz CT molecular complexity index is 1100. The van der Waals surface area contributed by atoms with Crippen molar-refractivity contribution in [3.8, 4) is 28.5 Å². The van der Waals surface area contributed by atoms with Crippen LogP contribution in [-0.2, 0) is 0 Å². The summed E-state index contributed by atoms with van der Waals surface area (Å²) in [5.74, 6) is 3.05. The van der Waals surface area contributed by atoms with Crippen molar-refractivity contribution in [2.24, 2.45) is 0 Å². The van der Waals surface area contributed by atoms with E-state index < -0.39 is 0 Å². The molecule has 0 spiro atoms. The molecule has 0 aliphatic carbocycles. The minimum absolute atomic E-state index is 0.422. The fourth-order valence-corrected chi connectivity index (χ4v) is 4.18. The van der Waals surface area contributed by atoms with Crippen molar-refractivity contribution >= 4 is 17.5 Å². The van der Waals surface area contributed by atoms with E-state index in [1.165, 1.54) is 0 Å². The molecule has 1 aliphatic rings. The van der Waals surface area contributed by atoms with E-state index in [1.54, 1.807) is 27.5 Å². The van der Waals surface area contributed by atoms with Crippen molar-refractivity contribution in [1.29, 1.82) is 0 Å². The van der Waals surface area contributed by atoms with Crippen LogP contribution in [0.5, 0.6) is 17.2 Å². The highest BCUT2D eigenvalue weighted by Crippen LogP contribution is 2.40. The van der Waals surface area contributed by atoms with Crippen LogP contribution in [0, 0.1) is 0 Å². The third kappa shape index (κ3) is 5.90. The molecule has 2 N–H and O–H groups in total. The normalized spacial score (nSPS) is 15.7. The lowest BCUT2D eigenvalue weighted by Gasteiger charge is -2.35. The average Bonchev–Trinajstić information content (AvgIpc) is 2.88. The van der Waals surface area contributed by atoms with Crippen molar-refractivity contribution in [1.82, 2.24) is 25.2 Å². The third-order valence-corrected chi connectivity index (χ3v) is 5.79. The highest BCUT2D eigenvalue weighted by atomic mass is 16.5. The summed E-state index contributed by atoms with van der Waals surface area (Å²) in [6.45, 7) is 3.81. The molecule has 0 saturated carbocycles. The Morgan fingerprint density at radius 3 is 2.46 bits per heavy atom. The number of aromatic nitrogens is 3. The van der Waals surface area contributed by atoms with E-state index in [0.29, 0.717) is 29.2 Å². The number of piperazine rings is 1. The largest absolute Gasteiger partial charge is 0.493 e. The number of nitrogens with one attached hydrogen (secondary N) is 2. The number of benzene rings is 1. The van der Waals surface area contributed by atoms with Crippen LogP contribution in [0.15, 0.2) is 42.7 Å². The number of anilines is 3. The van der Waals surface area contributed by atoms with Crippen LogP contribution in [0.4, 0.5) is 17.5 Å². The van der Waals surface area contributed by atoms with Crippen molar-refractivity contribution in [3.05, 3.63) is 42.7 Å². The van der Waals surface area contributed by atoms with Gasteiger partial charge in [0.25, 0.3) is 0 Å². The van der Waals surface area contributed by atoms with Gasteiger partial charge in [-0.2, -0.15) is 0 Å². The maximum absolute atomic E-state index is 5.43. The molecule has 3 heterocycles. The molecule has 1 unspecified atom stereocenters. The zero-order valence-corrected chi connectivity index (χ0v) is 20.9. The van der Waals surface area contributed by atoms with Gasteiger partial charge in [0, 0.05) is 68.0 Å². The first-order chi connectivity index (χ1) is 17.0. The van der Waals surface area contributed by atoms with Crippen LogP contribution in [0.25, 0.3) is 11.3 Å². The third-order valence-electron chi connectivity index (χ3n) is 5.79. The van der Waals surface area contributed by atoms with Gasteiger partial charge >= 0.3 is 0 Å². The smallest absolute Gasteiger partial charge is 0.227 e. The molecule has 2 aromatic heterocycles. The molecule has 0 bridgehead atoms. The van der Waals surface area contributed by atoms with Crippen LogP contribution in [0.3, 0.4) is 0 Å². The summed E-state index contributed by atoms with van der Waals surface area (Å²) in [5, 5.41) is 6.80. The summed E-state index contributed by atoms with van der Waals surface area (Å²) in [4.78, 5) is 18.3. The van der Waals surface area contributed by atoms with E-state index in [1.807, 2.05) is 24.4 Å². The van der Waals surface area contributed by atoms with Gasteiger partial charge in [-0.25, -0.2) is 15.0 Å². The van der Waals surface area contributed by atoms with Gasteiger partial charge in [0.2, 0.25) is 11.7 Å². The van der Waals surface area contributed by atoms with Gasteiger partial charge in [0.05, 0.1) is 27.0 Å². The van der Waals surface area contributed by atoms with Gasteiger partial charge in [0.1, 0.15) is 5.82 Å². The molecule has 3 aromatic rings. The first-order valence-corrected chi connectivity index (χ1v) is 11.5. The summed E-state index contributed by atoms with van der Waals surface area (Å²) in [7, 11) is 8.93. The highest BCUT2D eigenvalue weighted by Gasteiger charge is 2.21. The molecule has 1 aromatic carbocycles. The number of pyridine rings is 1. The molecule has 10 heteroatoms. The van der Waals surface area contributed by atoms with Crippen molar-refractivity contribution in [2.75, 3.05) is 71.8 Å². The quantitative estimate of drug-likeness (QED) is 0.477. The fourth-order valence-electron chi connectivity index (χ4n) is 4.18. The highest BCUT2D eigenvalue weighted by molar-refractivity contribution is 5.67. The van der Waals surface area contributed by atoms with Crippen molar-refractivity contribution < 1.29 is 14.2 Å². The van der Waals surface area contributed by atoms with E-state index >= 15 is 0 Å². The maximum atomic E-state index is 5.43. The van der Waals surface area contributed by atoms with Gasteiger partial charge in [-0.1, -0.05) is 0 Å². The van der Waals surface area contributed by atoms with E-state index in [9.17, 15) is 0 Å². The Balaban J connectivity index is 1.49. The monoisotopic (exact) mass is 479 g/mol. The fraction of sp³-hybridized carbons (Fsp3) is 0.400. The minimum atomic E-state index is 0.422. The second-order valence-corrected chi connectivity index (χ2v) is 8.57. The standard InChI is InChI=1S/C25H33N7O3/c1-31(2)15-19-16-32(11-10-26-19)23-7-6-17(14-28-23)20-8-9-27-25(30-20)29-18-12-21(33-3)24(35-5)22(13-18)34-4/h6-9,12-14,19,26H,10-11,15-16H2,1-5H3,(H,27,29,30). The van der Waals surface area contributed by atoms with Crippen LogP contribution in [0.2, 0.25) is 0 Å². The second kappa shape index (κ2) is 11.2. The molecule has 1 fully saturated rings. The minimum Gasteiger partial charge on any atom is -0.493 e. The zero-order chi connectivity index (χ0) is 24.8. The molecule has 35 heavy (non-hydrogen) atoms. The Labute approximate surface area is 206 Å². The summed E-state index contributed by atoms with van der Waals surface area (Å²) < 4.78 is 16.3. The molecule has 1 saturated heterocycles. The lowest BCUT2D eigenvalue weighted by Crippen LogP contribution is -2.54. The summed E-state index contributed by atoms with van der Waals surface area (Å²) >= 11 is 0. The molecule has 1 atom stereocenters. The van der Waals surface area contributed by atoms with E-state index in [4.69, 9.17) is 19.2 Å². The van der Waals surface area contributed by atoms with E-state index in [2.05, 4.69) is 56.6 Å². The van der Waals surface area contributed by atoms with E-state index in [-0.39, 0.29) is 0 Å². The Hall–Kier alpha value is -3.63. The van der Waals surface area contributed by atoms with Crippen molar-refractivity contribution in [2.45, 2.75) is 6.04 Å². The van der Waals surface area contributed by atoms with Gasteiger partial charge in [-0.15, -0.1) is 0 Å². The van der Waals surface area contributed by atoms with Gasteiger partial charge < -0.3 is 34.6 Å². The van der Waals surface area contributed by atoms with Crippen LogP contribution in [-0.4, -0.2) is 87.5 Å². The SMILES string of the molecule is COc1cc(Nc2nccc(-c3ccc(N4CCNC(CN(C)C)C4)nc3)n2)cc(OC)c1OC. The Kier molecular flexibility index (Phi) is 7.84. The summed E-state index contributed by atoms with van der Waals surface area (Å²) in [5.41, 5.74) is 2.42. The summed E-state index contributed by atoms with van der Waals surface area (Å²) in [6, 6.07) is 10.0. The maximum Gasteiger partial charge on any atom is 0.227 e.